The molecule has 0 bridgehead atoms. The Morgan fingerprint density at radius 2 is 2.28 bits per heavy atom. The second-order valence-electron chi connectivity index (χ2n) is 4.57. The predicted molar refractivity (Wildman–Crippen MR) is 66.2 cm³/mol. The Hall–Kier alpha value is -1.78. The van der Waals surface area contributed by atoms with Crippen LogP contribution < -0.4 is 5.32 Å². The second kappa shape index (κ2) is 5.25. The number of furan rings is 1. The van der Waals surface area contributed by atoms with Crippen molar-refractivity contribution in [1.82, 2.24) is 10.2 Å². The second-order valence-corrected chi connectivity index (χ2v) is 4.57. The summed E-state index contributed by atoms with van der Waals surface area (Å²) in [6.07, 6.45) is 1.28. The number of amides is 2. The van der Waals surface area contributed by atoms with Gasteiger partial charge in [0, 0.05) is 25.6 Å². The summed E-state index contributed by atoms with van der Waals surface area (Å²) in [5.74, 6) is 1.03. The Labute approximate surface area is 106 Å². The van der Waals surface area contributed by atoms with E-state index in [9.17, 15) is 9.59 Å². The largest absolute Gasteiger partial charge is 0.456 e. The summed E-state index contributed by atoms with van der Waals surface area (Å²) in [4.78, 5) is 25.1. The number of nitrogens with one attached hydrogen (secondary N) is 1. The lowest BCUT2D eigenvalue weighted by Crippen LogP contribution is -2.38. The number of aryl methyl sites for hydroxylation is 1. The SMILES string of the molecule is CCC(=O)NC1CCN(C(=O)c2ccc(C)o2)C1. The zero-order chi connectivity index (χ0) is 13.1. The molecule has 0 radical (unpaired) electrons. The summed E-state index contributed by atoms with van der Waals surface area (Å²) in [5, 5.41) is 2.91. The van der Waals surface area contributed by atoms with Gasteiger partial charge in [-0.3, -0.25) is 9.59 Å². The molecule has 5 nitrogen and oxygen atoms in total. The van der Waals surface area contributed by atoms with Gasteiger partial charge in [0.1, 0.15) is 5.76 Å². The zero-order valence-corrected chi connectivity index (χ0v) is 10.7. The maximum Gasteiger partial charge on any atom is 0.289 e. The van der Waals surface area contributed by atoms with Crippen LogP contribution in [0.2, 0.25) is 0 Å². The van der Waals surface area contributed by atoms with Crippen LogP contribution in [0.25, 0.3) is 0 Å². The lowest BCUT2D eigenvalue weighted by atomic mass is 10.2. The minimum Gasteiger partial charge on any atom is -0.456 e. The minimum absolute atomic E-state index is 0.0307. The summed E-state index contributed by atoms with van der Waals surface area (Å²) in [7, 11) is 0. The van der Waals surface area contributed by atoms with E-state index in [2.05, 4.69) is 5.32 Å². The lowest BCUT2D eigenvalue weighted by Gasteiger charge is -2.15. The highest BCUT2D eigenvalue weighted by Crippen LogP contribution is 2.15. The van der Waals surface area contributed by atoms with Crippen molar-refractivity contribution in [2.75, 3.05) is 13.1 Å². The molecule has 1 atom stereocenters. The fraction of sp³-hybridized carbons (Fsp3) is 0.538. The highest BCUT2D eigenvalue weighted by atomic mass is 16.3. The lowest BCUT2D eigenvalue weighted by molar-refractivity contribution is -0.121. The van der Waals surface area contributed by atoms with Gasteiger partial charge in [0.2, 0.25) is 5.91 Å². The third kappa shape index (κ3) is 2.72. The molecule has 1 aromatic rings. The first-order chi connectivity index (χ1) is 8.60. The highest BCUT2D eigenvalue weighted by molar-refractivity contribution is 5.91. The molecule has 98 valence electrons. The van der Waals surface area contributed by atoms with Crippen molar-refractivity contribution in [2.24, 2.45) is 0 Å². The molecule has 1 aliphatic heterocycles. The van der Waals surface area contributed by atoms with E-state index in [0.717, 1.165) is 12.2 Å². The van der Waals surface area contributed by atoms with Crippen LogP contribution in [0.15, 0.2) is 16.5 Å². The number of likely N-dealkylation sites (tertiary alicyclic amines) is 1. The summed E-state index contributed by atoms with van der Waals surface area (Å²) in [6.45, 7) is 4.85. The fourth-order valence-electron chi connectivity index (χ4n) is 2.10. The van der Waals surface area contributed by atoms with Crippen LogP contribution >= 0.6 is 0 Å². The van der Waals surface area contributed by atoms with Crippen LogP contribution in [0.4, 0.5) is 0 Å². The predicted octanol–water partition coefficient (Wildman–Crippen LogP) is 1.33. The number of carbonyl (C=O) groups excluding carboxylic acids is 2. The van der Waals surface area contributed by atoms with Crippen LogP contribution in [0.5, 0.6) is 0 Å². The van der Waals surface area contributed by atoms with E-state index >= 15 is 0 Å². The van der Waals surface area contributed by atoms with Crippen molar-refractivity contribution >= 4 is 11.8 Å². The number of nitrogens with zero attached hydrogens (tertiary/aromatic N) is 1. The van der Waals surface area contributed by atoms with Gasteiger partial charge in [-0.25, -0.2) is 0 Å². The fourth-order valence-corrected chi connectivity index (χ4v) is 2.10. The Bertz CT molecular complexity index is 453. The van der Waals surface area contributed by atoms with E-state index in [1.807, 2.05) is 13.8 Å². The maximum absolute atomic E-state index is 12.1. The Morgan fingerprint density at radius 3 is 2.89 bits per heavy atom. The van der Waals surface area contributed by atoms with E-state index in [1.54, 1.807) is 17.0 Å². The molecule has 2 heterocycles. The molecule has 1 saturated heterocycles. The van der Waals surface area contributed by atoms with Crippen LogP contribution in [0, 0.1) is 6.92 Å². The van der Waals surface area contributed by atoms with Crippen LogP contribution in [0.3, 0.4) is 0 Å². The molecule has 1 N–H and O–H groups in total. The van der Waals surface area contributed by atoms with E-state index in [0.29, 0.717) is 25.3 Å². The first-order valence-corrected chi connectivity index (χ1v) is 6.25. The standard InChI is InChI=1S/C13H18N2O3/c1-3-12(16)14-10-6-7-15(8-10)13(17)11-5-4-9(2)18-11/h4-5,10H,3,6-8H2,1-2H3,(H,14,16). The van der Waals surface area contributed by atoms with Gasteiger partial charge < -0.3 is 14.6 Å². The van der Waals surface area contributed by atoms with Gasteiger partial charge in [-0.15, -0.1) is 0 Å². The minimum atomic E-state index is -0.101. The van der Waals surface area contributed by atoms with E-state index in [4.69, 9.17) is 4.42 Å². The average molecular weight is 250 g/mol. The van der Waals surface area contributed by atoms with Gasteiger partial charge >= 0.3 is 0 Å². The summed E-state index contributed by atoms with van der Waals surface area (Å²) in [6, 6.07) is 3.53. The van der Waals surface area contributed by atoms with Crippen molar-refractivity contribution in [2.45, 2.75) is 32.7 Å². The summed E-state index contributed by atoms with van der Waals surface area (Å²) in [5.41, 5.74) is 0. The van der Waals surface area contributed by atoms with Crippen molar-refractivity contribution in [1.29, 1.82) is 0 Å². The van der Waals surface area contributed by atoms with Crippen molar-refractivity contribution in [3.8, 4) is 0 Å². The Morgan fingerprint density at radius 1 is 1.50 bits per heavy atom. The van der Waals surface area contributed by atoms with Gasteiger partial charge in [0.25, 0.3) is 5.91 Å². The number of hydrogen-bond donors (Lipinski definition) is 1. The van der Waals surface area contributed by atoms with E-state index in [1.165, 1.54) is 0 Å². The number of carbonyl (C=O) groups is 2. The quantitative estimate of drug-likeness (QED) is 0.880. The van der Waals surface area contributed by atoms with E-state index in [-0.39, 0.29) is 17.9 Å². The molecule has 0 aromatic carbocycles. The first kappa shape index (κ1) is 12.7. The number of hydrogen-bond acceptors (Lipinski definition) is 3. The molecule has 1 unspecified atom stereocenters. The van der Waals surface area contributed by atoms with Crippen LogP contribution in [0.1, 0.15) is 36.1 Å². The van der Waals surface area contributed by atoms with Gasteiger partial charge in [0.15, 0.2) is 5.76 Å². The molecular weight excluding hydrogens is 232 g/mol. The third-order valence-corrected chi connectivity index (χ3v) is 3.11. The Balaban J connectivity index is 1.92. The maximum atomic E-state index is 12.1. The van der Waals surface area contributed by atoms with Crippen molar-refractivity contribution in [3.05, 3.63) is 23.7 Å². The monoisotopic (exact) mass is 250 g/mol. The number of rotatable bonds is 3. The first-order valence-electron chi connectivity index (χ1n) is 6.25. The molecule has 1 aliphatic rings. The highest BCUT2D eigenvalue weighted by Gasteiger charge is 2.28. The van der Waals surface area contributed by atoms with Gasteiger partial charge in [-0.05, 0) is 25.5 Å². The summed E-state index contributed by atoms with van der Waals surface area (Å²) >= 11 is 0. The van der Waals surface area contributed by atoms with Crippen molar-refractivity contribution in [3.63, 3.8) is 0 Å². The molecule has 0 spiro atoms. The molecule has 1 fully saturated rings. The van der Waals surface area contributed by atoms with Crippen LogP contribution in [-0.2, 0) is 4.79 Å². The van der Waals surface area contributed by atoms with Gasteiger partial charge in [0.05, 0.1) is 0 Å². The van der Waals surface area contributed by atoms with Gasteiger partial charge in [-0.1, -0.05) is 6.92 Å². The third-order valence-electron chi connectivity index (χ3n) is 3.11. The molecular formula is C13H18N2O3. The molecule has 2 rings (SSSR count). The van der Waals surface area contributed by atoms with Gasteiger partial charge in [-0.2, -0.15) is 0 Å². The van der Waals surface area contributed by atoms with Crippen molar-refractivity contribution < 1.29 is 14.0 Å². The molecule has 0 saturated carbocycles. The van der Waals surface area contributed by atoms with Crippen LogP contribution in [-0.4, -0.2) is 35.8 Å². The Kier molecular flexibility index (Phi) is 3.69. The smallest absolute Gasteiger partial charge is 0.289 e. The molecule has 18 heavy (non-hydrogen) atoms. The normalized spacial score (nSPS) is 19.0. The average Bonchev–Trinajstić information content (AvgIpc) is 2.97. The topological polar surface area (TPSA) is 62.6 Å². The molecule has 2 amide bonds. The van der Waals surface area contributed by atoms with E-state index < -0.39 is 0 Å². The molecule has 0 aliphatic carbocycles. The molecule has 1 aromatic heterocycles. The zero-order valence-electron chi connectivity index (χ0n) is 10.7. The summed E-state index contributed by atoms with van der Waals surface area (Å²) < 4.78 is 5.32. The molecule has 5 heteroatoms.